The van der Waals surface area contributed by atoms with Gasteiger partial charge in [0.15, 0.2) is 0 Å². The quantitative estimate of drug-likeness (QED) is 0.514. The summed E-state index contributed by atoms with van der Waals surface area (Å²) in [7, 11) is 0. The average Bonchev–Trinajstić information content (AvgIpc) is 2.54. The first-order valence-corrected chi connectivity index (χ1v) is 6.83. The van der Waals surface area contributed by atoms with Crippen LogP contribution in [0.4, 0.5) is 5.69 Å². The summed E-state index contributed by atoms with van der Waals surface area (Å²) in [6.07, 6.45) is 0. The molecule has 0 aliphatic heterocycles. The number of non-ortho nitro benzene ring substituents is 1. The molecule has 0 fully saturated rings. The second kappa shape index (κ2) is 7.17. The molecule has 118 valence electrons. The Morgan fingerprint density at radius 3 is 2.22 bits per heavy atom. The highest BCUT2D eigenvalue weighted by molar-refractivity contribution is 6.34. The second-order valence-corrected chi connectivity index (χ2v) is 4.94. The minimum Gasteiger partial charge on any atom is -0.361 e. The molecule has 7 nitrogen and oxygen atoms in total. The van der Waals surface area contributed by atoms with Crippen molar-refractivity contribution in [2.45, 2.75) is 13.1 Å². The number of carbonyl (C=O) groups excluding carboxylic acids is 2. The van der Waals surface area contributed by atoms with Crippen LogP contribution in [0.15, 0.2) is 54.6 Å². The molecule has 0 atom stereocenters. The first kappa shape index (κ1) is 16.2. The molecule has 2 rings (SSSR count). The van der Waals surface area contributed by atoms with Gasteiger partial charge in [0.25, 0.3) is 5.69 Å². The van der Waals surface area contributed by atoms with E-state index < -0.39 is 16.7 Å². The molecule has 0 spiro atoms. The molecule has 0 unspecified atom stereocenters. The average molecular weight is 313 g/mol. The number of rotatable bonds is 5. The van der Waals surface area contributed by atoms with Crippen molar-refractivity contribution >= 4 is 17.5 Å². The maximum absolute atomic E-state index is 12.0. The van der Waals surface area contributed by atoms with Crippen molar-refractivity contribution in [3.05, 3.63) is 75.8 Å². The van der Waals surface area contributed by atoms with Crippen LogP contribution in [-0.2, 0) is 22.7 Å². The van der Waals surface area contributed by atoms with Crippen LogP contribution < -0.4 is 5.73 Å². The maximum atomic E-state index is 12.0. The van der Waals surface area contributed by atoms with Gasteiger partial charge in [0, 0.05) is 25.2 Å². The zero-order chi connectivity index (χ0) is 16.8. The molecule has 2 amide bonds. The smallest absolute Gasteiger partial charge is 0.312 e. The van der Waals surface area contributed by atoms with Crippen LogP contribution in [0.5, 0.6) is 0 Å². The van der Waals surface area contributed by atoms with Crippen molar-refractivity contribution in [1.29, 1.82) is 0 Å². The fraction of sp³-hybridized carbons (Fsp3) is 0.125. The number of nitrogens with two attached hydrogens (primary N) is 1. The number of hydrogen-bond acceptors (Lipinski definition) is 4. The maximum Gasteiger partial charge on any atom is 0.312 e. The summed E-state index contributed by atoms with van der Waals surface area (Å²) in [4.78, 5) is 34.8. The molecule has 0 aliphatic carbocycles. The third-order valence-corrected chi connectivity index (χ3v) is 3.21. The van der Waals surface area contributed by atoms with E-state index in [1.54, 1.807) is 6.07 Å². The van der Waals surface area contributed by atoms with Crippen molar-refractivity contribution in [1.82, 2.24) is 4.90 Å². The van der Waals surface area contributed by atoms with E-state index in [4.69, 9.17) is 5.73 Å². The molecule has 0 bridgehead atoms. The number of nitro benzene ring substituents is 1. The standard InChI is InChI=1S/C16H15N3O4/c17-15(20)16(21)18(10-12-5-2-1-3-6-12)11-13-7-4-8-14(9-13)19(22)23/h1-9H,10-11H2,(H2,17,20). The number of nitrogens with zero attached hydrogens (tertiary/aromatic N) is 2. The highest BCUT2D eigenvalue weighted by atomic mass is 16.6. The Hall–Kier alpha value is -3.22. The van der Waals surface area contributed by atoms with E-state index in [1.165, 1.54) is 23.1 Å². The molecule has 7 heteroatoms. The normalized spacial score (nSPS) is 10.1. The Bertz CT molecular complexity index is 731. The fourth-order valence-corrected chi connectivity index (χ4v) is 2.15. The molecule has 2 aromatic carbocycles. The van der Waals surface area contributed by atoms with Crippen molar-refractivity contribution in [3.63, 3.8) is 0 Å². The van der Waals surface area contributed by atoms with Gasteiger partial charge < -0.3 is 10.6 Å². The molecule has 0 heterocycles. The molecule has 0 radical (unpaired) electrons. The van der Waals surface area contributed by atoms with Gasteiger partial charge in [0.2, 0.25) is 0 Å². The fourth-order valence-electron chi connectivity index (χ4n) is 2.15. The predicted octanol–water partition coefficient (Wildman–Crippen LogP) is 1.61. The Kier molecular flexibility index (Phi) is 5.03. The first-order valence-electron chi connectivity index (χ1n) is 6.83. The number of benzene rings is 2. The van der Waals surface area contributed by atoms with Gasteiger partial charge >= 0.3 is 11.8 Å². The van der Waals surface area contributed by atoms with Gasteiger partial charge in [-0.3, -0.25) is 19.7 Å². The Morgan fingerprint density at radius 1 is 1.00 bits per heavy atom. The van der Waals surface area contributed by atoms with Gasteiger partial charge in [-0.25, -0.2) is 0 Å². The lowest BCUT2D eigenvalue weighted by molar-refractivity contribution is -0.384. The monoisotopic (exact) mass is 313 g/mol. The molecule has 0 aliphatic rings. The molecule has 2 aromatic rings. The van der Waals surface area contributed by atoms with E-state index in [1.807, 2.05) is 30.3 Å². The summed E-state index contributed by atoms with van der Waals surface area (Å²) in [5, 5.41) is 10.8. The molecule has 2 N–H and O–H groups in total. The van der Waals surface area contributed by atoms with Crippen LogP contribution in [0.2, 0.25) is 0 Å². The minimum absolute atomic E-state index is 0.0539. The lowest BCUT2D eigenvalue weighted by Crippen LogP contribution is -2.39. The largest absolute Gasteiger partial charge is 0.361 e. The highest BCUT2D eigenvalue weighted by Crippen LogP contribution is 2.16. The molecule has 0 saturated carbocycles. The summed E-state index contributed by atoms with van der Waals surface area (Å²) in [5.41, 5.74) is 6.38. The van der Waals surface area contributed by atoms with Gasteiger partial charge in [0.05, 0.1) is 4.92 Å². The zero-order valence-electron chi connectivity index (χ0n) is 12.2. The van der Waals surface area contributed by atoms with E-state index in [9.17, 15) is 19.7 Å². The number of amides is 2. The topological polar surface area (TPSA) is 107 Å². The van der Waals surface area contributed by atoms with Gasteiger partial charge in [-0.1, -0.05) is 42.5 Å². The Balaban J connectivity index is 2.24. The molecular weight excluding hydrogens is 298 g/mol. The van der Waals surface area contributed by atoms with Gasteiger partial charge in [-0.05, 0) is 11.1 Å². The lowest BCUT2D eigenvalue weighted by Gasteiger charge is -2.21. The lowest BCUT2D eigenvalue weighted by atomic mass is 10.1. The van der Waals surface area contributed by atoms with Gasteiger partial charge in [-0.2, -0.15) is 0 Å². The third-order valence-electron chi connectivity index (χ3n) is 3.21. The van der Waals surface area contributed by atoms with Crippen molar-refractivity contribution in [3.8, 4) is 0 Å². The predicted molar refractivity (Wildman–Crippen MR) is 83.0 cm³/mol. The van der Waals surface area contributed by atoms with Crippen LogP contribution in [0, 0.1) is 10.1 Å². The Morgan fingerprint density at radius 2 is 1.61 bits per heavy atom. The van der Waals surface area contributed by atoms with E-state index in [0.717, 1.165) is 5.56 Å². The van der Waals surface area contributed by atoms with Crippen LogP contribution in [0.25, 0.3) is 0 Å². The van der Waals surface area contributed by atoms with Gasteiger partial charge in [0.1, 0.15) is 0 Å². The van der Waals surface area contributed by atoms with Gasteiger partial charge in [-0.15, -0.1) is 0 Å². The summed E-state index contributed by atoms with van der Waals surface area (Å²) in [6, 6.07) is 15.0. The second-order valence-electron chi connectivity index (χ2n) is 4.94. The van der Waals surface area contributed by atoms with E-state index >= 15 is 0 Å². The number of nitro groups is 1. The molecule has 23 heavy (non-hydrogen) atoms. The summed E-state index contributed by atoms with van der Waals surface area (Å²) in [6.45, 7) is 0.240. The van der Waals surface area contributed by atoms with Crippen LogP contribution in [-0.4, -0.2) is 21.6 Å². The summed E-state index contributed by atoms with van der Waals surface area (Å²) < 4.78 is 0. The van der Waals surface area contributed by atoms with E-state index in [-0.39, 0.29) is 18.8 Å². The number of carbonyl (C=O) groups is 2. The molecule has 0 aromatic heterocycles. The Labute approximate surface area is 132 Å². The third kappa shape index (κ3) is 4.37. The number of primary amides is 1. The van der Waals surface area contributed by atoms with Crippen LogP contribution in [0.3, 0.4) is 0 Å². The van der Waals surface area contributed by atoms with Crippen LogP contribution >= 0.6 is 0 Å². The van der Waals surface area contributed by atoms with Crippen LogP contribution in [0.1, 0.15) is 11.1 Å². The highest BCUT2D eigenvalue weighted by Gasteiger charge is 2.20. The SMILES string of the molecule is NC(=O)C(=O)N(Cc1ccccc1)Cc1cccc([N+](=O)[O-])c1. The van der Waals surface area contributed by atoms with Crippen molar-refractivity contribution < 1.29 is 14.5 Å². The molecule has 0 saturated heterocycles. The van der Waals surface area contributed by atoms with E-state index in [2.05, 4.69) is 0 Å². The van der Waals surface area contributed by atoms with E-state index in [0.29, 0.717) is 5.56 Å². The minimum atomic E-state index is -1.06. The van der Waals surface area contributed by atoms with Crippen molar-refractivity contribution in [2.75, 3.05) is 0 Å². The zero-order valence-corrected chi connectivity index (χ0v) is 12.2. The number of hydrogen-bond donors (Lipinski definition) is 1. The first-order chi connectivity index (χ1) is 11.0. The molecular formula is C16H15N3O4. The summed E-state index contributed by atoms with van der Waals surface area (Å²) in [5.74, 6) is -1.90. The van der Waals surface area contributed by atoms with Crippen molar-refractivity contribution in [2.24, 2.45) is 5.73 Å². The summed E-state index contributed by atoms with van der Waals surface area (Å²) >= 11 is 0.